The average molecular weight is 303 g/mol. The molecule has 0 saturated heterocycles. The van der Waals surface area contributed by atoms with Gasteiger partial charge in [0, 0.05) is 19.2 Å². The highest BCUT2D eigenvalue weighted by Crippen LogP contribution is 2.32. The summed E-state index contributed by atoms with van der Waals surface area (Å²) in [4.78, 5) is 24.7. The fraction of sp³-hybridized carbons (Fsp3) is 0.556. The lowest BCUT2D eigenvalue weighted by atomic mass is 9.84. The lowest BCUT2D eigenvalue weighted by Gasteiger charge is -2.23. The van der Waals surface area contributed by atoms with E-state index in [4.69, 9.17) is 5.11 Å². The van der Waals surface area contributed by atoms with Crippen LogP contribution in [0.15, 0.2) is 24.3 Å². The minimum absolute atomic E-state index is 0.122. The van der Waals surface area contributed by atoms with Crippen LogP contribution in [-0.2, 0) is 4.79 Å². The molecule has 0 heterocycles. The number of hydrogen-bond acceptors (Lipinski definition) is 2. The van der Waals surface area contributed by atoms with Crippen LogP contribution in [0.3, 0.4) is 0 Å². The van der Waals surface area contributed by atoms with Crippen LogP contribution in [0, 0.1) is 5.92 Å². The van der Waals surface area contributed by atoms with Crippen molar-refractivity contribution in [3.05, 3.63) is 35.4 Å². The van der Waals surface area contributed by atoms with Gasteiger partial charge in [0.2, 0.25) is 0 Å². The van der Waals surface area contributed by atoms with E-state index in [-0.39, 0.29) is 12.5 Å². The molecule has 120 valence electrons. The molecule has 22 heavy (non-hydrogen) atoms. The van der Waals surface area contributed by atoms with E-state index in [2.05, 4.69) is 12.1 Å². The van der Waals surface area contributed by atoms with Gasteiger partial charge in [-0.1, -0.05) is 38.3 Å². The highest BCUT2D eigenvalue weighted by molar-refractivity contribution is 5.94. The summed E-state index contributed by atoms with van der Waals surface area (Å²) in [5.74, 6) is -0.936. The van der Waals surface area contributed by atoms with Crippen LogP contribution in [0.5, 0.6) is 0 Å². The van der Waals surface area contributed by atoms with Gasteiger partial charge in [-0.2, -0.15) is 0 Å². The van der Waals surface area contributed by atoms with Gasteiger partial charge in [0.15, 0.2) is 0 Å². The fourth-order valence-corrected chi connectivity index (χ4v) is 3.13. The summed E-state index contributed by atoms with van der Waals surface area (Å²) in [6.07, 6.45) is 6.40. The molecule has 0 aromatic heterocycles. The molecular formula is C18H25NO3. The number of rotatable bonds is 5. The first kappa shape index (κ1) is 16.5. The van der Waals surface area contributed by atoms with Crippen molar-refractivity contribution in [1.82, 2.24) is 4.90 Å². The Bertz CT molecular complexity index is 518. The second-order valence-corrected chi connectivity index (χ2v) is 6.38. The minimum Gasteiger partial charge on any atom is -0.481 e. The van der Waals surface area contributed by atoms with Crippen LogP contribution in [0.25, 0.3) is 0 Å². The van der Waals surface area contributed by atoms with Crippen molar-refractivity contribution in [1.29, 1.82) is 0 Å². The molecule has 0 radical (unpaired) electrons. The molecule has 1 N–H and O–H groups in total. The van der Waals surface area contributed by atoms with E-state index in [1.807, 2.05) is 12.1 Å². The maximum absolute atomic E-state index is 12.3. The maximum atomic E-state index is 12.3. The van der Waals surface area contributed by atoms with Crippen LogP contribution in [0.4, 0.5) is 0 Å². The van der Waals surface area contributed by atoms with Crippen molar-refractivity contribution in [2.75, 3.05) is 13.6 Å². The molecule has 1 aliphatic carbocycles. The zero-order chi connectivity index (χ0) is 16.1. The highest BCUT2D eigenvalue weighted by atomic mass is 16.4. The summed E-state index contributed by atoms with van der Waals surface area (Å²) in [7, 11) is 1.65. The third-order valence-electron chi connectivity index (χ3n) is 4.55. The Morgan fingerprint density at radius 1 is 1.18 bits per heavy atom. The zero-order valence-electron chi connectivity index (χ0n) is 13.4. The number of aliphatic carboxylic acids is 1. The maximum Gasteiger partial charge on any atom is 0.308 e. The molecule has 1 atom stereocenters. The molecule has 1 aromatic rings. The molecule has 1 amide bonds. The van der Waals surface area contributed by atoms with Gasteiger partial charge in [-0.25, -0.2) is 0 Å². The molecule has 0 aliphatic heterocycles. The number of carboxylic acids is 1. The predicted molar refractivity (Wildman–Crippen MR) is 86.0 cm³/mol. The molecule has 1 aromatic carbocycles. The standard InChI is InChI=1S/C18H25NO3/c1-13(18(21)22)12-19(2)17(20)16-10-8-15(9-11-16)14-6-4-3-5-7-14/h8-11,13-14H,3-7,12H2,1-2H3,(H,21,22). The summed E-state index contributed by atoms with van der Waals surface area (Å²) in [6.45, 7) is 1.83. The molecular weight excluding hydrogens is 278 g/mol. The summed E-state index contributed by atoms with van der Waals surface area (Å²) in [5.41, 5.74) is 1.94. The molecule has 4 heteroatoms. The van der Waals surface area contributed by atoms with Crippen molar-refractivity contribution in [2.24, 2.45) is 5.92 Å². The largest absolute Gasteiger partial charge is 0.481 e. The second kappa shape index (κ2) is 7.43. The van der Waals surface area contributed by atoms with Crippen molar-refractivity contribution in [3.8, 4) is 0 Å². The fourth-order valence-electron chi connectivity index (χ4n) is 3.13. The van der Waals surface area contributed by atoms with Crippen molar-refractivity contribution >= 4 is 11.9 Å². The summed E-state index contributed by atoms with van der Waals surface area (Å²) >= 11 is 0. The van der Waals surface area contributed by atoms with E-state index < -0.39 is 11.9 Å². The number of nitrogens with zero attached hydrogens (tertiary/aromatic N) is 1. The molecule has 1 fully saturated rings. The lowest BCUT2D eigenvalue weighted by Crippen LogP contribution is -2.33. The van der Waals surface area contributed by atoms with Crippen LogP contribution >= 0.6 is 0 Å². The van der Waals surface area contributed by atoms with E-state index in [0.717, 1.165) is 0 Å². The highest BCUT2D eigenvalue weighted by Gasteiger charge is 2.19. The van der Waals surface area contributed by atoms with Gasteiger partial charge in [0.05, 0.1) is 5.92 Å². The van der Waals surface area contributed by atoms with Crippen molar-refractivity contribution in [3.63, 3.8) is 0 Å². The Morgan fingerprint density at radius 3 is 2.32 bits per heavy atom. The smallest absolute Gasteiger partial charge is 0.308 e. The predicted octanol–water partition coefficient (Wildman–Crippen LogP) is 3.53. The molecule has 2 rings (SSSR count). The SMILES string of the molecule is CC(CN(C)C(=O)c1ccc(C2CCCCC2)cc1)C(=O)O. The molecule has 1 saturated carbocycles. The Labute approximate surface area is 132 Å². The molecule has 1 unspecified atom stereocenters. The van der Waals surface area contributed by atoms with Crippen LogP contribution in [0.2, 0.25) is 0 Å². The first-order valence-electron chi connectivity index (χ1n) is 8.07. The van der Waals surface area contributed by atoms with Gasteiger partial charge in [0.25, 0.3) is 5.91 Å². The van der Waals surface area contributed by atoms with E-state index in [1.54, 1.807) is 14.0 Å². The second-order valence-electron chi connectivity index (χ2n) is 6.38. The number of carbonyl (C=O) groups excluding carboxylic acids is 1. The van der Waals surface area contributed by atoms with Gasteiger partial charge in [-0.3, -0.25) is 9.59 Å². The van der Waals surface area contributed by atoms with E-state index in [1.165, 1.54) is 42.6 Å². The van der Waals surface area contributed by atoms with Gasteiger partial charge >= 0.3 is 5.97 Å². The number of amides is 1. The number of carbonyl (C=O) groups is 2. The molecule has 0 spiro atoms. The Balaban J connectivity index is 1.99. The zero-order valence-corrected chi connectivity index (χ0v) is 13.4. The summed E-state index contributed by atoms with van der Waals surface area (Å²) in [6, 6.07) is 7.85. The lowest BCUT2D eigenvalue weighted by molar-refractivity contribution is -0.141. The topological polar surface area (TPSA) is 57.6 Å². The molecule has 0 bridgehead atoms. The Hall–Kier alpha value is -1.84. The normalized spacial score (nSPS) is 17.0. The van der Waals surface area contributed by atoms with Gasteiger partial charge in [-0.05, 0) is 36.5 Å². The van der Waals surface area contributed by atoms with Crippen molar-refractivity contribution < 1.29 is 14.7 Å². The quantitative estimate of drug-likeness (QED) is 0.905. The van der Waals surface area contributed by atoms with E-state index in [9.17, 15) is 9.59 Å². The van der Waals surface area contributed by atoms with Gasteiger partial charge in [-0.15, -0.1) is 0 Å². The summed E-state index contributed by atoms with van der Waals surface area (Å²) < 4.78 is 0. The average Bonchev–Trinajstić information content (AvgIpc) is 2.55. The van der Waals surface area contributed by atoms with Crippen LogP contribution in [0.1, 0.15) is 60.9 Å². The van der Waals surface area contributed by atoms with E-state index in [0.29, 0.717) is 11.5 Å². The number of hydrogen-bond donors (Lipinski definition) is 1. The monoisotopic (exact) mass is 303 g/mol. The Morgan fingerprint density at radius 2 is 1.77 bits per heavy atom. The van der Waals surface area contributed by atoms with Gasteiger partial charge in [0.1, 0.15) is 0 Å². The Kier molecular flexibility index (Phi) is 5.58. The molecule has 4 nitrogen and oxygen atoms in total. The summed E-state index contributed by atoms with van der Waals surface area (Å²) in [5, 5.41) is 8.93. The van der Waals surface area contributed by atoms with E-state index >= 15 is 0 Å². The number of carboxylic acid groups (broad SMARTS) is 1. The van der Waals surface area contributed by atoms with Crippen LogP contribution < -0.4 is 0 Å². The van der Waals surface area contributed by atoms with Crippen molar-refractivity contribution in [2.45, 2.75) is 44.9 Å². The third kappa shape index (κ3) is 4.09. The minimum atomic E-state index is -0.882. The first-order chi connectivity index (χ1) is 10.5. The third-order valence-corrected chi connectivity index (χ3v) is 4.55. The molecule has 1 aliphatic rings. The van der Waals surface area contributed by atoms with Crippen LogP contribution in [-0.4, -0.2) is 35.5 Å². The van der Waals surface area contributed by atoms with Gasteiger partial charge < -0.3 is 10.0 Å². The first-order valence-corrected chi connectivity index (χ1v) is 8.07. The number of benzene rings is 1.